The predicted octanol–water partition coefficient (Wildman–Crippen LogP) is 1.21. The highest BCUT2D eigenvalue weighted by atomic mass is 16.5. The number of carbonyl (C=O) groups is 1. The molecule has 2 fully saturated rings. The minimum absolute atomic E-state index is 0.0107. The number of carbonyl (C=O) groups excluding carboxylic acids is 1. The van der Waals surface area contributed by atoms with Crippen molar-refractivity contribution in [2.24, 2.45) is 11.1 Å². The number of amides is 1. The molecule has 0 radical (unpaired) electrons. The van der Waals surface area contributed by atoms with Crippen molar-refractivity contribution in [1.29, 1.82) is 0 Å². The van der Waals surface area contributed by atoms with E-state index in [1.165, 1.54) is 19.3 Å². The first-order valence-electron chi connectivity index (χ1n) is 7.83. The number of hydrogen-bond donors (Lipinski definition) is 2. The van der Waals surface area contributed by atoms with Gasteiger partial charge < -0.3 is 20.5 Å². The van der Waals surface area contributed by atoms with Crippen LogP contribution in [0.15, 0.2) is 0 Å². The number of rotatable bonds is 7. The lowest BCUT2D eigenvalue weighted by Crippen LogP contribution is -2.58. The lowest BCUT2D eigenvalue weighted by molar-refractivity contribution is -0.130. The minimum atomic E-state index is -0.733. The van der Waals surface area contributed by atoms with Crippen LogP contribution in [0, 0.1) is 5.41 Å². The first-order valence-corrected chi connectivity index (χ1v) is 7.83. The van der Waals surface area contributed by atoms with Crippen LogP contribution in [0.1, 0.15) is 45.4 Å². The third-order valence-corrected chi connectivity index (χ3v) is 4.86. The van der Waals surface area contributed by atoms with Crippen LogP contribution in [0.4, 0.5) is 0 Å². The third-order valence-electron chi connectivity index (χ3n) is 4.86. The van der Waals surface area contributed by atoms with Gasteiger partial charge >= 0.3 is 0 Å². The summed E-state index contributed by atoms with van der Waals surface area (Å²) < 4.78 is 10.7. The van der Waals surface area contributed by atoms with Crippen molar-refractivity contribution in [3.8, 4) is 0 Å². The average Bonchev–Trinajstić information content (AvgIpc) is 2.41. The SMILES string of the molecule is CCOCCC1(CNC(=O)C2(N)CCOCC2)CCC1. The highest BCUT2D eigenvalue weighted by Crippen LogP contribution is 2.43. The van der Waals surface area contributed by atoms with Gasteiger partial charge in [0.1, 0.15) is 0 Å². The molecule has 1 saturated carbocycles. The molecular weight excluding hydrogens is 256 g/mol. The quantitative estimate of drug-likeness (QED) is 0.689. The van der Waals surface area contributed by atoms with Crippen LogP contribution in [-0.2, 0) is 14.3 Å². The molecule has 0 spiro atoms. The number of hydrogen-bond acceptors (Lipinski definition) is 4. The van der Waals surface area contributed by atoms with Gasteiger partial charge in [0.05, 0.1) is 5.54 Å². The molecule has 0 bridgehead atoms. The van der Waals surface area contributed by atoms with Crippen molar-refractivity contribution in [3.63, 3.8) is 0 Å². The zero-order valence-electron chi connectivity index (χ0n) is 12.6. The first-order chi connectivity index (χ1) is 9.60. The largest absolute Gasteiger partial charge is 0.382 e. The molecule has 1 aliphatic heterocycles. The molecule has 116 valence electrons. The van der Waals surface area contributed by atoms with Gasteiger partial charge in [-0.25, -0.2) is 0 Å². The lowest BCUT2D eigenvalue weighted by atomic mass is 9.66. The van der Waals surface area contributed by atoms with Crippen LogP contribution in [0.2, 0.25) is 0 Å². The summed E-state index contributed by atoms with van der Waals surface area (Å²) in [5.41, 5.74) is 5.71. The van der Waals surface area contributed by atoms with Gasteiger partial charge in [0.25, 0.3) is 0 Å². The van der Waals surface area contributed by atoms with Crippen LogP contribution in [0.25, 0.3) is 0 Å². The van der Waals surface area contributed by atoms with Gasteiger partial charge in [0, 0.05) is 33.0 Å². The topological polar surface area (TPSA) is 73.6 Å². The van der Waals surface area contributed by atoms with Crippen molar-refractivity contribution >= 4 is 5.91 Å². The van der Waals surface area contributed by atoms with E-state index in [0.29, 0.717) is 26.1 Å². The molecule has 1 heterocycles. The number of ether oxygens (including phenoxy) is 2. The van der Waals surface area contributed by atoms with E-state index in [-0.39, 0.29) is 11.3 Å². The molecule has 0 atom stereocenters. The van der Waals surface area contributed by atoms with E-state index in [2.05, 4.69) is 5.32 Å². The summed E-state index contributed by atoms with van der Waals surface area (Å²) >= 11 is 0. The maximum atomic E-state index is 12.3. The van der Waals surface area contributed by atoms with Gasteiger partial charge in [-0.1, -0.05) is 6.42 Å². The molecule has 20 heavy (non-hydrogen) atoms. The van der Waals surface area contributed by atoms with E-state index in [1.54, 1.807) is 0 Å². The Kier molecular flexibility index (Phi) is 5.41. The second kappa shape index (κ2) is 6.87. The van der Waals surface area contributed by atoms with Crippen LogP contribution >= 0.6 is 0 Å². The van der Waals surface area contributed by atoms with Crippen LogP contribution in [0.3, 0.4) is 0 Å². The number of nitrogens with two attached hydrogens (primary N) is 1. The van der Waals surface area contributed by atoms with Crippen LogP contribution in [0.5, 0.6) is 0 Å². The van der Waals surface area contributed by atoms with Gasteiger partial charge in [0.2, 0.25) is 5.91 Å². The molecule has 1 saturated heterocycles. The molecule has 2 aliphatic rings. The molecule has 5 heteroatoms. The molecule has 0 aromatic carbocycles. The smallest absolute Gasteiger partial charge is 0.240 e. The van der Waals surface area contributed by atoms with E-state index < -0.39 is 5.54 Å². The number of nitrogens with one attached hydrogen (secondary N) is 1. The van der Waals surface area contributed by atoms with Crippen LogP contribution in [-0.4, -0.2) is 44.4 Å². The van der Waals surface area contributed by atoms with Crippen LogP contribution < -0.4 is 11.1 Å². The van der Waals surface area contributed by atoms with Crippen molar-refractivity contribution < 1.29 is 14.3 Å². The van der Waals surface area contributed by atoms with Crippen molar-refractivity contribution in [1.82, 2.24) is 5.32 Å². The third kappa shape index (κ3) is 3.71. The maximum absolute atomic E-state index is 12.3. The Morgan fingerprint density at radius 1 is 1.30 bits per heavy atom. The van der Waals surface area contributed by atoms with E-state index in [9.17, 15) is 4.79 Å². The fraction of sp³-hybridized carbons (Fsp3) is 0.933. The van der Waals surface area contributed by atoms with Gasteiger partial charge in [0.15, 0.2) is 0 Å². The van der Waals surface area contributed by atoms with Gasteiger partial charge in [-0.05, 0) is 44.4 Å². The molecule has 3 N–H and O–H groups in total. The van der Waals surface area contributed by atoms with Crippen molar-refractivity contribution in [2.45, 2.75) is 51.0 Å². The van der Waals surface area contributed by atoms with Gasteiger partial charge in [-0.2, -0.15) is 0 Å². The molecule has 5 nitrogen and oxygen atoms in total. The summed E-state index contributed by atoms with van der Waals surface area (Å²) in [5.74, 6) is -0.0107. The Hall–Kier alpha value is -0.650. The fourth-order valence-corrected chi connectivity index (χ4v) is 3.03. The highest BCUT2D eigenvalue weighted by molar-refractivity contribution is 5.86. The highest BCUT2D eigenvalue weighted by Gasteiger charge is 2.40. The minimum Gasteiger partial charge on any atom is -0.382 e. The monoisotopic (exact) mass is 284 g/mol. The average molecular weight is 284 g/mol. The Morgan fingerprint density at radius 3 is 2.55 bits per heavy atom. The van der Waals surface area contributed by atoms with E-state index in [4.69, 9.17) is 15.2 Å². The van der Waals surface area contributed by atoms with Gasteiger partial charge in [-0.15, -0.1) is 0 Å². The van der Waals surface area contributed by atoms with E-state index in [0.717, 1.165) is 26.2 Å². The summed E-state index contributed by atoms with van der Waals surface area (Å²) in [4.78, 5) is 12.3. The molecular formula is C15H28N2O3. The molecule has 0 aromatic rings. The Bertz CT molecular complexity index is 323. The zero-order valence-corrected chi connectivity index (χ0v) is 12.6. The Balaban J connectivity index is 1.79. The zero-order chi connectivity index (χ0) is 14.5. The Labute approximate surface area is 121 Å². The predicted molar refractivity (Wildman–Crippen MR) is 77.4 cm³/mol. The lowest BCUT2D eigenvalue weighted by Gasteiger charge is -2.43. The normalized spacial score (nSPS) is 23.9. The standard InChI is InChI=1S/C15H28N2O3/c1-2-19-9-6-14(4-3-5-14)12-17-13(18)15(16)7-10-20-11-8-15/h2-12,16H2,1H3,(H,17,18). The van der Waals surface area contributed by atoms with Gasteiger partial charge in [-0.3, -0.25) is 4.79 Å². The molecule has 1 amide bonds. The Morgan fingerprint density at radius 2 is 2.00 bits per heavy atom. The molecule has 0 unspecified atom stereocenters. The maximum Gasteiger partial charge on any atom is 0.240 e. The second-order valence-corrected chi connectivity index (χ2v) is 6.25. The molecule has 1 aliphatic carbocycles. The van der Waals surface area contributed by atoms with Crippen molar-refractivity contribution in [3.05, 3.63) is 0 Å². The summed E-state index contributed by atoms with van der Waals surface area (Å²) in [6.45, 7) is 5.46. The first kappa shape index (κ1) is 15.7. The van der Waals surface area contributed by atoms with Crippen molar-refractivity contribution in [2.75, 3.05) is 33.0 Å². The summed E-state index contributed by atoms with van der Waals surface area (Å²) in [6.07, 6.45) is 5.88. The summed E-state index contributed by atoms with van der Waals surface area (Å²) in [6, 6.07) is 0. The molecule has 2 rings (SSSR count). The molecule has 0 aromatic heterocycles. The van der Waals surface area contributed by atoms with E-state index >= 15 is 0 Å². The van der Waals surface area contributed by atoms with E-state index in [1.807, 2.05) is 6.92 Å². The fourth-order valence-electron chi connectivity index (χ4n) is 3.03. The second-order valence-electron chi connectivity index (χ2n) is 6.25. The summed E-state index contributed by atoms with van der Waals surface area (Å²) in [7, 11) is 0. The summed E-state index contributed by atoms with van der Waals surface area (Å²) in [5, 5.41) is 3.09.